The average molecular weight is 382 g/mol. The van der Waals surface area contributed by atoms with Gasteiger partial charge in [0.2, 0.25) is 5.91 Å². The lowest BCUT2D eigenvalue weighted by atomic mass is 10.2. The van der Waals surface area contributed by atoms with Crippen molar-refractivity contribution < 1.29 is 14.1 Å². The second-order valence-corrected chi connectivity index (χ2v) is 7.80. The Morgan fingerprint density at radius 1 is 1.15 bits per heavy atom. The zero-order valence-corrected chi connectivity index (χ0v) is 15.7. The molecule has 1 aliphatic rings. The van der Waals surface area contributed by atoms with Gasteiger partial charge in [0, 0.05) is 11.6 Å². The number of thiazole rings is 1. The van der Waals surface area contributed by atoms with Gasteiger partial charge in [-0.3, -0.25) is 4.79 Å². The van der Waals surface area contributed by atoms with Gasteiger partial charge >= 0.3 is 0 Å². The molecule has 1 amide bonds. The van der Waals surface area contributed by atoms with Crippen LogP contribution in [-0.2, 0) is 11.3 Å². The first-order valence-electron chi connectivity index (χ1n) is 9.08. The van der Waals surface area contributed by atoms with E-state index in [1.165, 1.54) is 21.7 Å². The average Bonchev–Trinajstić information content (AvgIpc) is 3.10. The van der Waals surface area contributed by atoms with Gasteiger partial charge in [-0.05, 0) is 24.3 Å². The fourth-order valence-corrected chi connectivity index (χ4v) is 4.35. The summed E-state index contributed by atoms with van der Waals surface area (Å²) in [6.45, 7) is 4.11. The number of carbonyl (C=O) groups excluding carboxylic acids is 1. The molecule has 0 saturated carbocycles. The Balaban J connectivity index is 1.31. The summed E-state index contributed by atoms with van der Waals surface area (Å²) in [6, 6.07) is 14.7. The third-order valence-corrected chi connectivity index (χ3v) is 5.87. The lowest BCUT2D eigenvalue weighted by Gasteiger charge is -2.31. The van der Waals surface area contributed by atoms with Crippen LogP contribution in [0.1, 0.15) is 10.6 Å². The maximum atomic E-state index is 13.6. The Kier molecular flexibility index (Phi) is 5.27. The summed E-state index contributed by atoms with van der Waals surface area (Å²) in [6.07, 6.45) is 3.02. The number of hydrogen-bond acceptors (Lipinski definition) is 3. The largest absolute Gasteiger partial charge is 0.328 e. The van der Waals surface area contributed by atoms with E-state index in [2.05, 4.69) is 6.07 Å². The minimum absolute atomic E-state index is 0.0581. The molecule has 0 bridgehead atoms. The Hall–Kier alpha value is -2.57. The summed E-state index contributed by atoms with van der Waals surface area (Å²) in [4.78, 5) is 20.3. The lowest BCUT2D eigenvalue weighted by molar-refractivity contribution is -0.917. The first-order valence-corrected chi connectivity index (χ1v) is 9.90. The molecule has 0 spiro atoms. The summed E-state index contributed by atoms with van der Waals surface area (Å²) in [7, 11) is 0. The van der Waals surface area contributed by atoms with Gasteiger partial charge in [0.25, 0.3) is 0 Å². The fourth-order valence-electron chi connectivity index (χ4n) is 3.31. The summed E-state index contributed by atoms with van der Waals surface area (Å²) < 4.78 is 14.9. The van der Waals surface area contributed by atoms with Gasteiger partial charge < -0.3 is 9.80 Å². The number of nitrogens with one attached hydrogen (secondary N) is 1. The monoisotopic (exact) mass is 382 g/mol. The molecule has 4 rings (SSSR count). The first kappa shape index (κ1) is 17.8. The minimum atomic E-state index is -0.313. The Morgan fingerprint density at radius 3 is 2.67 bits per heavy atom. The van der Waals surface area contributed by atoms with Crippen LogP contribution in [0.4, 0.5) is 4.39 Å². The maximum Gasteiger partial charge on any atom is 0.246 e. The number of nitrogens with zero attached hydrogens (tertiary/aromatic N) is 2. The molecular weight excluding hydrogens is 361 g/mol. The smallest absolute Gasteiger partial charge is 0.246 e. The molecule has 3 aromatic rings. The topological polar surface area (TPSA) is 37.6 Å². The molecule has 138 valence electrons. The summed E-state index contributed by atoms with van der Waals surface area (Å²) in [5.74, 6) is -0.371. The molecule has 1 aromatic heterocycles. The number of halogens is 1. The number of aromatic nitrogens is 1. The van der Waals surface area contributed by atoms with Crippen molar-refractivity contribution in [1.82, 2.24) is 9.88 Å². The highest BCUT2D eigenvalue weighted by molar-refractivity contribution is 7.18. The van der Waals surface area contributed by atoms with E-state index >= 15 is 0 Å². The van der Waals surface area contributed by atoms with Crippen molar-refractivity contribution in [3.63, 3.8) is 0 Å². The maximum absolute atomic E-state index is 13.6. The summed E-state index contributed by atoms with van der Waals surface area (Å²) in [5, 5.41) is 1.14. The van der Waals surface area contributed by atoms with Crippen LogP contribution in [0.2, 0.25) is 0 Å². The van der Waals surface area contributed by atoms with Gasteiger partial charge in [0.1, 0.15) is 17.4 Å². The van der Waals surface area contributed by atoms with Crippen LogP contribution in [0.3, 0.4) is 0 Å². The molecule has 1 fully saturated rings. The molecule has 1 aliphatic heterocycles. The molecule has 2 heterocycles. The van der Waals surface area contributed by atoms with Gasteiger partial charge in [-0.2, -0.15) is 0 Å². The van der Waals surface area contributed by atoms with Crippen molar-refractivity contribution in [2.45, 2.75) is 6.54 Å². The van der Waals surface area contributed by atoms with E-state index in [1.807, 2.05) is 23.1 Å². The van der Waals surface area contributed by atoms with Crippen LogP contribution in [0.15, 0.2) is 54.6 Å². The first-order chi connectivity index (χ1) is 13.2. The number of piperazine rings is 1. The SMILES string of the molecule is O=C(/C=C/c1ccccc1F)N1CC[NH+](Cc2nc3ccccc3s2)CC1. The van der Waals surface area contributed by atoms with E-state index in [1.54, 1.807) is 35.6 Å². The molecule has 6 heteroatoms. The number of rotatable bonds is 4. The third-order valence-electron chi connectivity index (χ3n) is 4.83. The standard InChI is InChI=1S/C21H20FN3OS/c22-17-6-2-1-5-16(17)9-10-21(26)25-13-11-24(12-14-25)15-20-23-18-7-3-4-8-19(18)27-20/h1-10H,11-15H2/p+1/b10-9+. The van der Waals surface area contributed by atoms with Gasteiger partial charge in [0.05, 0.1) is 36.4 Å². The van der Waals surface area contributed by atoms with E-state index in [4.69, 9.17) is 4.98 Å². The highest BCUT2D eigenvalue weighted by Crippen LogP contribution is 2.20. The number of amides is 1. The van der Waals surface area contributed by atoms with E-state index in [0.717, 1.165) is 30.2 Å². The van der Waals surface area contributed by atoms with Crippen molar-refractivity contribution >= 4 is 33.5 Å². The predicted octanol–water partition coefficient (Wildman–Crippen LogP) is 2.38. The second kappa shape index (κ2) is 7.98. The number of para-hydroxylation sites is 1. The second-order valence-electron chi connectivity index (χ2n) is 6.68. The Labute approximate surface area is 161 Å². The van der Waals surface area contributed by atoms with Crippen LogP contribution in [0, 0.1) is 5.82 Å². The van der Waals surface area contributed by atoms with E-state index in [9.17, 15) is 9.18 Å². The number of benzene rings is 2. The molecular formula is C21H21FN3OS+. The molecule has 2 aromatic carbocycles. The Morgan fingerprint density at radius 2 is 1.89 bits per heavy atom. The normalized spacial score (nSPS) is 15.7. The molecule has 4 nitrogen and oxygen atoms in total. The number of quaternary nitrogens is 1. The van der Waals surface area contributed by atoms with Crippen molar-refractivity contribution in [1.29, 1.82) is 0 Å². The molecule has 0 atom stereocenters. The molecule has 0 radical (unpaired) electrons. The molecule has 0 aliphatic carbocycles. The number of carbonyl (C=O) groups is 1. The van der Waals surface area contributed by atoms with Gasteiger partial charge in [-0.15, -0.1) is 11.3 Å². The number of hydrogen-bond donors (Lipinski definition) is 1. The van der Waals surface area contributed by atoms with E-state index in [0.29, 0.717) is 18.7 Å². The lowest BCUT2D eigenvalue weighted by Crippen LogP contribution is -3.13. The van der Waals surface area contributed by atoms with Gasteiger partial charge in [0.15, 0.2) is 0 Å². The molecule has 1 N–H and O–H groups in total. The zero-order chi connectivity index (χ0) is 18.6. The molecule has 1 saturated heterocycles. The van der Waals surface area contributed by atoms with Crippen LogP contribution in [0.5, 0.6) is 0 Å². The van der Waals surface area contributed by atoms with E-state index < -0.39 is 0 Å². The van der Waals surface area contributed by atoms with Crippen molar-refractivity contribution in [2.24, 2.45) is 0 Å². The zero-order valence-electron chi connectivity index (χ0n) is 14.9. The van der Waals surface area contributed by atoms with Crippen LogP contribution >= 0.6 is 11.3 Å². The molecule has 0 unspecified atom stereocenters. The predicted molar refractivity (Wildman–Crippen MR) is 106 cm³/mol. The van der Waals surface area contributed by atoms with E-state index in [-0.39, 0.29) is 11.7 Å². The van der Waals surface area contributed by atoms with Crippen molar-refractivity contribution in [3.8, 4) is 0 Å². The minimum Gasteiger partial charge on any atom is -0.328 e. The van der Waals surface area contributed by atoms with Crippen molar-refractivity contribution in [3.05, 3.63) is 71.0 Å². The summed E-state index contributed by atoms with van der Waals surface area (Å²) >= 11 is 1.75. The highest BCUT2D eigenvalue weighted by atomic mass is 32.1. The number of fused-ring (bicyclic) bond motifs is 1. The fraction of sp³-hybridized carbons (Fsp3) is 0.238. The highest BCUT2D eigenvalue weighted by Gasteiger charge is 2.23. The van der Waals surface area contributed by atoms with Gasteiger partial charge in [-0.25, -0.2) is 9.37 Å². The molecule has 27 heavy (non-hydrogen) atoms. The van der Waals surface area contributed by atoms with Crippen LogP contribution < -0.4 is 4.90 Å². The van der Waals surface area contributed by atoms with Crippen LogP contribution in [-0.4, -0.2) is 42.0 Å². The van der Waals surface area contributed by atoms with Gasteiger partial charge in [-0.1, -0.05) is 30.3 Å². The summed E-state index contributed by atoms with van der Waals surface area (Å²) in [5.41, 5.74) is 1.50. The van der Waals surface area contributed by atoms with Crippen molar-refractivity contribution in [2.75, 3.05) is 26.2 Å². The Bertz CT molecular complexity index is 943. The quantitative estimate of drug-likeness (QED) is 0.704. The third kappa shape index (κ3) is 4.23. The van der Waals surface area contributed by atoms with Crippen LogP contribution in [0.25, 0.3) is 16.3 Å².